The molecule has 0 aliphatic rings. The second-order valence-electron chi connectivity index (χ2n) is 6.46. The normalized spacial score (nSPS) is 10.6. The molecule has 3 rings (SSSR count). The van der Waals surface area contributed by atoms with Gasteiger partial charge in [0.2, 0.25) is 0 Å². The molecule has 0 saturated heterocycles. The van der Waals surface area contributed by atoms with Crippen LogP contribution in [0.5, 0.6) is 11.5 Å². The van der Waals surface area contributed by atoms with E-state index in [-0.39, 0.29) is 5.91 Å². The minimum Gasteiger partial charge on any atom is -0.497 e. The highest BCUT2D eigenvalue weighted by Crippen LogP contribution is 2.32. The van der Waals surface area contributed by atoms with Crippen LogP contribution in [0.1, 0.15) is 27.2 Å². The van der Waals surface area contributed by atoms with Gasteiger partial charge < -0.3 is 14.8 Å². The number of aromatic nitrogens is 2. The summed E-state index contributed by atoms with van der Waals surface area (Å²) in [4.78, 5) is 12.7. The number of nitrogens with zero attached hydrogens (tertiary/aromatic N) is 1. The third kappa shape index (κ3) is 3.79. The van der Waals surface area contributed by atoms with Crippen molar-refractivity contribution < 1.29 is 14.3 Å². The van der Waals surface area contributed by atoms with Crippen LogP contribution in [0.25, 0.3) is 11.3 Å². The molecule has 1 aromatic heterocycles. The lowest BCUT2D eigenvalue weighted by Crippen LogP contribution is -2.14. The predicted molar refractivity (Wildman–Crippen MR) is 106 cm³/mol. The number of H-pyrrole nitrogens is 1. The highest BCUT2D eigenvalue weighted by molar-refractivity contribution is 6.04. The zero-order chi connectivity index (χ0) is 19.6. The summed E-state index contributed by atoms with van der Waals surface area (Å²) in [6.45, 7) is 6.00. The van der Waals surface area contributed by atoms with Gasteiger partial charge in [0.05, 0.1) is 19.9 Å². The van der Waals surface area contributed by atoms with E-state index in [1.165, 1.54) is 5.56 Å². The van der Waals surface area contributed by atoms with Crippen molar-refractivity contribution in [2.24, 2.45) is 0 Å². The van der Waals surface area contributed by atoms with Crippen LogP contribution in [0.2, 0.25) is 0 Å². The Kier molecular flexibility index (Phi) is 5.16. The van der Waals surface area contributed by atoms with Gasteiger partial charge in [-0.15, -0.1) is 0 Å². The molecule has 6 heteroatoms. The van der Waals surface area contributed by atoms with Gasteiger partial charge in [-0.25, -0.2) is 0 Å². The topological polar surface area (TPSA) is 76.2 Å². The lowest BCUT2D eigenvalue weighted by atomic mass is 10.0. The molecule has 140 valence electrons. The Labute approximate surface area is 158 Å². The van der Waals surface area contributed by atoms with E-state index in [0.717, 1.165) is 22.4 Å². The molecule has 6 nitrogen and oxygen atoms in total. The number of ether oxygens (including phenoxy) is 2. The zero-order valence-corrected chi connectivity index (χ0v) is 16.1. The highest BCUT2D eigenvalue weighted by atomic mass is 16.5. The number of carbonyl (C=O) groups excluding carboxylic acids is 1. The number of hydrogen-bond donors (Lipinski definition) is 2. The minimum atomic E-state index is -0.240. The number of rotatable bonds is 5. The minimum absolute atomic E-state index is 0.240. The second kappa shape index (κ2) is 7.53. The molecule has 27 heavy (non-hydrogen) atoms. The zero-order valence-electron chi connectivity index (χ0n) is 16.1. The van der Waals surface area contributed by atoms with Crippen molar-refractivity contribution in [3.05, 3.63) is 58.8 Å². The Balaban J connectivity index is 1.87. The van der Waals surface area contributed by atoms with E-state index in [1.54, 1.807) is 26.4 Å². The number of benzene rings is 2. The highest BCUT2D eigenvalue weighted by Gasteiger charge is 2.16. The lowest BCUT2D eigenvalue weighted by Gasteiger charge is -2.12. The molecule has 0 aliphatic heterocycles. The molecule has 0 spiro atoms. The van der Waals surface area contributed by atoms with Gasteiger partial charge in [0.25, 0.3) is 5.91 Å². The maximum Gasteiger partial charge on any atom is 0.273 e. The van der Waals surface area contributed by atoms with E-state index < -0.39 is 0 Å². The number of carbonyl (C=O) groups is 1. The van der Waals surface area contributed by atoms with Crippen molar-refractivity contribution in [1.82, 2.24) is 10.2 Å². The van der Waals surface area contributed by atoms with E-state index in [9.17, 15) is 4.79 Å². The van der Waals surface area contributed by atoms with Gasteiger partial charge in [-0.2, -0.15) is 5.10 Å². The van der Waals surface area contributed by atoms with Crippen molar-refractivity contribution in [2.75, 3.05) is 19.5 Å². The Morgan fingerprint density at radius 3 is 2.33 bits per heavy atom. The van der Waals surface area contributed by atoms with E-state index in [4.69, 9.17) is 9.47 Å². The summed E-state index contributed by atoms with van der Waals surface area (Å²) in [6.07, 6.45) is 0. The first-order chi connectivity index (χ1) is 12.9. The standard InChI is InChI=1S/C21H23N3O3/c1-12-8-13(2)20(14(3)9-12)22-21(25)18-11-17(23-24-18)16-7-6-15(26-4)10-19(16)27-5/h6-11H,1-5H3,(H,22,25)(H,23,24). The van der Waals surface area contributed by atoms with Crippen LogP contribution in [0.15, 0.2) is 36.4 Å². The summed E-state index contributed by atoms with van der Waals surface area (Å²) in [5.41, 5.74) is 5.81. The SMILES string of the molecule is COc1ccc(-c2cc(C(=O)Nc3c(C)cc(C)cc3C)[nH]n2)c(OC)c1. The molecule has 2 aromatic carbocycles. The summed E-state index contributed by atoms with van der Waals surface area (Å²) in [6, 6.07) is 11.3. The monoisotopic (exact) mass is 365 g/mol. The van der Waals surface area contributed by atoms with Crippen molar-refractivity contribution >= 4 is 11.6 Å². The maximum absolute atomic E-state index is 12.7. The molecular weight excluding hydrogens is 342 g/mol. The molecule has 2 N–H and O–H groups in total. The predicted octanol–water partition coefficient (Wildman–Crippen LogP) is 4.27. The smallest absolute Gasteiger partial charge is 0.273 e. The molecule has 0 aliphatic carbocycles. The van der Waals surface area contributed by atoms with E-state index in [0.29, 0.717) is 22.9 Å². The summed E-state index contributed by atoms with van der Waals surface area (Å²) < 4.78 is 10.6. The molecule has 1 amide bonds. The first-order valence-electron chi connectivity index (χ1n) is 8.60. The summed E-state index contributed by atoms with van der Waals surface area (Å²) >= 11 is 0. The number of methoxy groups -OCH3 is 2. The van der Waals surface area contributed by atoms with Crippen LogP contribution < -0.4 is 14.8 Å². The Bertz CT molecular complexity index is 969. The van der Waals surface area contributed by atoms with Crippen LogP contribution in [0.4, 0.5) is 5.69 Å². The molecule has 0 fully saturated rings. The van der Waals surface area contributed by atoms with Crippen LogP contribution in [0, 0.1) is 20.8 Å². The van der Waals surface area contributed by atoms with Crippen LogP contribution in [-0.4, -0.2) is 30.3 Å². The molecule has 0 unspecified atom stereocenters. The van der Waals surface area contributed by atoms with Crippen molar-refractivity contribution in [2.45, 2.75) is 20.8 Å². The van der Waals surface area contributed by atoms with E-state index in [2.05, 4.69) is 15.5 Å². The number of anilines is 1. The summed E-state index contributed by atoms with van der Waals surface area (Å²) in [7, 11) is 3.18. The molecule has 0 bridgehead atoms. The van der Waals surface area contributed by atoms with Crippen molar-refractivity contribution in [3.63, 3.8) is 0 Å². The van der Waals surface area contributed by atoms with Crippen molar-refractivity contribution in [3.8, 4) is 22.8 Å². The number of hydrogen-bond acceptors (Lipinski definition) is 4. The number of amides is 1. The average molecular weight is 365 g/mol. The lowest BCUT2D eigenvalue weighted by molar-refractivity contribution is 0.102. The fourth-order valence-electron chi connectivity index (χ4n) is 3.14. The van der Waals surface area contributed by atoms with E-state index in [1.807, 2.05) is 45.0 Å². The largest absolute Gasteiger partial charge is 0.497 e. The van der Waals surface area contributed by atoms with Crippen LogP contribution >= 0.6 is 0 Å². The molecule has 0 saturated carbocycles. The third-order valence-electron chi connectivity index (χ3n) is 4.42. The molecule has 0 radical (unpaired) electrons. The maximum atomic E-state index is 12.7. The summed E-state index contributed by atoms with van der Waals surface area (Å²) in [5, 5.41) is 10.0. The van der Waals surface area contributed by atoms with Gasteiger partial charge in [0.1, 0.15) is 17.2 Å². The van der Waals surface area contributed by atoms with Crippen LogP contribution in [-0.2, 0) is 0 Å². The van der Waals surface area contributed by atoms with Gasteiger partial charge in [-0.05, 0) is 50.1 Å². The fourth-order valence-corrected chi connectivity index (χ4v) is 3.14. The number of aryl methyl sites for hydroxylation is 3. The molecular formula is C21H23N3O3. The second-order valence-corrected chi connectivity index (χ2v) is 6.46. The van der Waals surface area contributed by atoms with Gasteiger partial charge in [0, 0.05) is 17.3 Å². The van der Waals surface area contributed by atoms with Crippen molar-refractivity contribution in [1.29, 1.82) is 0 Å². The summed E-state index contributed by atoms with van der Waals surface area (Å²) in [5.74, 6) is 1.07. The van der Waals surface area contributed by atoms with Gasteiger partial charge in [-0.3, -0.25) is 9.89 Å². The van der Waals surface area contributed by atoms with Gasteiger partial charge >= 0.3 is 0 Å². The number of nitrogens with one attached hydrogen (secondary N) is 2. The Morgan fingerprint density at radius 1 is 1.00 bits per heavy atom. The quantitative estimate of drug-likeness (QED) is 0.708. The molecule has 3 aromatic rings. The first-order valence-corrected chi connectivity index (χ1v) is 8.60. The third-order valence-corrected chi connectivity index (χ3v) is 4.42. The first kappa shape index (κ1) is 18.5. The van der Waals surface area contributed by atoms with Gasteiger partial charge in [0.15, 0.2) is 0 Å². The fraction of sp³-hybridized carbons (Fsp3) is 0.238. The Hall–Kier alpha value is -3.28. The number of aromatic amines is 1. The van der Waals surface area contributed by atoms with Crippen LogP contribution in [0.3, 0.4) is 0 Å². The van der Waals surface area contributed by atoms with Gasteiger partial charge in [-0.1, -0.05) is 17.7 Å². The average Bonchev–Trinajstić information content (AvgIpc) is 3.14. The molecule has 1 heterocycles. The molecule has 0 atom stereocenters. The van der Waals surface area contributed by atoms with E-state index >= 15 is 0 Å². The Morgan fingerprint density at radius 2 is 1.70 bits per heavy atom.